The van der Waals surface area contributed by atoms with E-state index in [4.69, 9.17) is 18.8 Å². The van der Waals surface area contributed by atoms with Gasteiger partial charge >= 0.3 is 0 Å². The standard InChI is InChI=1S/C46H28N2O2/c1-4-11-29(12-5-1)33-19-21-42-36(24-33)38-26-39-37-25-34(20-22-43(37)50-45(39)28-44(38)49-42)32-17-10-18-35(23-32)41-27-40(30-13-6-2-7-14-30)47-46(48-41)31-15-8-3-9-16-31/h1-28H. The Bertz CT molecular complexity index is 2800. The Morgan fingerprint density at radius 2 is 0.740 bits per heavy atom. The molecule has 0 spiro atoms. The summed E-state index contributed by atoms with van der Waals surface area (Å²) < 4.78 is 12.7. The zero-order valence-corrected chi connectivity index (χ0v) is 26.9. The van der Waals surface area contributed by atoms with E-state index in [2.05, 4.69) is 121 Å². The summed E-state index contributed by atoms with van der Waals surface area (Å²) in [5.41, 5.74) is 12.7. The van der Waals surface area contributed by atoms with Crippen LogP contribution in [-0.2, 0) is 0 Å². The van der Waals surface area contributed by atoms with Gasteiger partial charge in [-0.25, -0.2) is 9.97 Å². The van der Waals surface area contributed by atoms with E-state index in [-0.39, 0.29) is 0 Å². The Kier molecular flexibility index (Phi) is 6.46. The van der Waals surface area contributed by atoms with E-state index in [9.17, 15) is 0 Å². The van der Waals surface area contributed by atoms with Crippen molar-refractivity contribution in [3.63, 3.8) is 0 Å². The van der Waals surface area contributed by atoms with Crippen molar-refractivity contribution in [2.24, 2.45) is 0 Å². The highest BCUT2D eigenvalue weighted by Crippen LogP contribution is 2.39. The fourth-order valence-electron chi connectivity index (χ4n) is 6.96. The highest BCUT2D eigenvalue weighted by Gasteiger charge is 2.16. The van der Waals surface area contributed by atoms with E-state index in [0.29, 0.717) is 5.82 Å². The number of furan rings is 2. The second kappa shape index (κ2) is 11.4. The largest absolute Gasteiger partial charge is 0.456 e. The van der Waals surface area contributed by atoms with E-state index in [0.717, 1.165) is 88.6 Å². The van der Waals surface area contributed by atoms with Crippen molar-refractivity contribution >= 4 is 43.9 Å². The fourth-order valence-corrected chi connectivity index (χ4v) is 6.96. The van der Waals surface area contributed by atoms with Crippen LogP contribution in [0.1, 0.15) is 0 Å². The first kappa shape index (κ1) is 28.3. The van der Waals surface area contributed by atoms with Crippen LogP contribution in [0.15, 0.2) is 179 Å². The molecular formula is C46H28N2O2. The Labute approximate surface area is 287 Å². The van der Waals surface area contributed by atoms with Crippen molar-refractivity contribution in [2.75, 3.05) is 0 Å². The van der Waals surface area contributed by atoms with Gasteiger partial charge in [0, 0.05) is 44.3 Å². The Hall–Kier alpha value is -6.78. The Morgan fingerprint density at radius 3 is 1.36 bits per heavy atom. The highest BCUT2D eigenvalue weighted by atomic mass is 16.3. The van der Waals surface area contributed by atoms with E-state index in [1.54, 1.807) is 0 Å². The van der Waals surface area contributed by atoms with Crippen molar-refractivity contribution in [2.45, 2.75) is 0 Å². The minimum absolute atomic E-state index is 0.701. The van der Waals surface area contributed by atoms with Crippen LogP contribution in [0.4, 0.5) is 0 Å². The maximum absolute atomic E-state index is 6.37. The lowest BCUT2D eigenvalue weighted by Crippen LogP contribution is -1.96. The minimum atomic E-state index is 0.701. The summed E-state index contributed by atoms with van der Waals surface area (Å²) in [5.74, 6) is 0.701. The average molecular weight is 641 g/mol. The number of rotatable bonds is 5. The average Bonchev–Trinajstić information content (AvgIpc) is 3.74. The van der Waals surface area contributed by atoms with Crippen LogP contribution in [0.2, 0.25) is 0 Å². The van der Waals surface area contributed by atoms with Gasteiger partial charge in [0.2, 0.25) is 0 Å². The second-order valence-electron chi connectivity index (χ2n) is 12.6. The lowest BCUT2D eigenvalue weighted by Gasteiger charge is -2.10. The molecule has 0 saturated heterocycles. The van der Waals surface area contributed by atoms with Gasteiger partial charge < -0.3 is 8.83 Å². The lowest BCUT2D eigenvalue weighted by molar-refractivity contribution is 0.656. The first-order valence-corrected chi connectivity index (χ1v) is 16.7. The van der Waals surface area contributed by atoms with Gasteiger partial charge in [0.1, 0.15) is 22.3 Å². The Morgan fingerprint density at radius 1 is 0.280 bits per heavy atom. The summed E-state index contributed by atoms with van der Waals surface area (Å²) >= 11 is 0. The van der Waals surface area contributed by atoms with Gasteiger partial charge in [0.25, 0.3) is 0 Å². The van der Waals surface area contributed by atoms with Crippen LogP contribution >= 0.6 is 0 Å². The quantitative estimate of drug-likeness (QED) is 0.188. The van der Waals surface area contributed by atoms with Gasteiger partial charge in [-0.15, -0.1) is 0 Å². The SMILES string of the molecule is c1ccc(-c2ccc3oc4cc5oc6ccc(-c7cccc(-c8cc(-c9ccccc9)nc(-c9ccccc9)n8)c7)cc6c5cc4c3c2)cc1. The van der Waals surface area contributed by atoms with Crippen molar-refractivity contribution in [1.82, 2.24) is 9.97 Å². The third-order valence-corrected chi connectivity index (χ3v) is 9.49. The molecule has 0 fully saturated rings. The molecule has 10 rings (SSSR count). The van der Waals surface area contributed by atoms with E-state index < -0.39 is 0 Å². The summed E-state index contributed by atoms with van der Waals surface area (Å²) in [4.78, 5) is 10.0. The summed E-state index contributed by atoms with van der Waals surface area (Å²) in [6, 6.07) is 58.6. The van der Waals surface area contributed by atoms with Crippen LogP contribution in [0.3, 0.4) is 0 Å². The van der Waals surface area contributed by atoms with E-state index in [1.807, 2.05) is 48.5 Å². The molecule has 0 aliphatic heterocycles. The van der Waals surface area contributed by atoms with Crippen molar-refractivity contribution in [3.05, 3.63) is 170 Å². The first-order valence-electron chi connectivity index (χ1n) is 16.7. The van der Waals surface area contributed by atoms with Crippen LogP contribution in [0.5, 0.6) is 0 Å². The lowest BCUT2D eigenvalue weighted by atomic mass is 9.98. The van der Waals surface area contributed by atoms with Gasteiger partial charge in [-0.3, -0.25) is 0 Å². The number of benzene rings is 7. The highest BCUT2D eigenvalue weighted by molar-refractivity contribution is 6.16. The molecule has 0 bridgehead atoms. The third-order valence-electron chi connectivity index (χ3n) is 9.49. The molecule has 4 heteroatoms. The normalized spacial score (nSPS) is 11.6. The molecule has 0 aliphatic rings. The van der Waals surface area contributed by atoms with Gasteiger partial charge in [0.05, 0.1) is 11.4 Å². The maximum atomic E-state index is 6.37. The van der Waals surface area contributed by atoms with E-state index >= 15 is 0 Å². The molecule has 7 aromatic carbocycles. The van der Waals surface area contributed by atoms with Crippen molar-refractivity contribution < 1.29 is 8.83 Å². The van der Waals surface area contributed by atoms with Crippen molar-refractivity contribution in [1.29, 1.82) is 0 Å². The predicted molar refractivity (Wildman–Crippen MR) is 204 cm³/mol. The van der Waals surface area contributed by atoms with Gasteiger partial charge in [0.15, 0.2) is 5.82 Å². The van der Waals surface area contributed by atoms with Gasteiger partial charge in [-0.05, 0) is 64.7 Å². The van der Waals surface area contributed by atoms with Crippen LogP contribution in [0, 0.1) is 0 Å². The number of hydrogen-bond donors (Lipinski definition) is 0. The van der Waals surface area contributed by atoms with Crippen LogP contribution < -0.4 is 0 Å². The topological polar surface area (TPSA) is 52.1 Å². The monoisotopic (exact) mass is 640 g/mol. The second-order valence-corrected chi connectivity index (χ2v) is 12.6. The number of fused-ring (bicyclic) bond motifs is 6. The molecule has 3 aromatic heterocycles. The molecule has 4 nitrogen and oxygen atoms in total. The number of nitrogens with zero attached hydrogens (tertiary/aromatic N) is 2. The molecule has 234 valence electrons. The smallest absolute Gasteiger partial charge is 0.160 e. The van der Waals surface area contributed by atoms with Gasteiger partial charge in [-0.2, -0.15) is 0 Å². The summed E-state index contributed by atoms with van der Waals surface area (Å²) in [5, 5.41) is 4.30. The third kappa shape index (κ3) is 4.85. The summed E-state index contributed by atoms with van der Waals surface area (Å²) in [6.07, 6.45) is 0. The molecule has 0 radical (unpaired) electrons. The molecule has 0 N–H and O–H groups in total. The minimum Gasteiger partial charge on any atom is -0.456 e. The molecule has 10 aromatic rings. The van der Waals surface area contributed by atoms with Crippen molar-refractivity contribution in [3.8, 4) is 56.2 Å². The maximum Gasteiger partial charge on any atom is 0.160 e. The molecule has 0 unspecified atom stereocenters. The van der Waals surface area contributed by atoms with E-state index in [1.165, 1.54) is 5.56 Å². The molecule has 0 aliphatic carbocycles. The number of hydrogen-bond acceptors (Lipinski definition) is 4. The summed E-state index contributed by atoms with van der Waals surface area (Å²) in [7, 11) is 0. The molecule has 0 amide bonds. The first-order chi connectivity index (χ1) is 24.7. The summed E-state index contributed by atoms with van der Waals surface area (Å²) in [6.45, 7) is 0. The fraction of sp³-hybridized carbons (Fsp3) is 0. The zero-order valence-electron chi connectivity index (χ0n) is 26.9. The molecular weight excluding hydrogens is 613 g/mol. The molecule has 3 heterocycles. The van der Waals surface area contributed by atoms with Gasteiger partial charge in [-0.1, -0.05) is 121 Å². The Balaban J connectivity index is 1.09. The number of aromatic nitrogens is 2. The predicted octanol–water partition coefficient (Wildman–Crippen LogP) is 12.6. The molecule has 0 saturated carbocycles. The van der Waals surface area contributed by atoms with Crippen LogP contribution in [-0.4, -0.2) is 9.97 Å². The van der Waals surface area contributed by atoms with Crippen LogP contribution in [0.25, 0.3) is 100 Å². The molecule has 0 atom stereocenters. The zero-order chi connectivity index (χ0) is 33.0. The molecule has 50 heavy (non-hydrogen) atoms.